The van der Waals surface area contributed by atoms with Gasteiger partial charge in [0, 0.05) is 3.57 Å². The van der Waals surface area contributed by atoms with Crippen LogP contribution < -0.4 is 11.5 Å². The van der Waals surface area contributed by atoms with Crippen molar-refractivity contribution in [2.75, 3.05) is 5.73 Å². The smallest absolute Gasteiger partial charge is 0.281 e. The minimum Gasteiger partial charge on any atom is -0.383 e. The number of nitrogens with zero attached hydrogens (tertiary/aromatic N) is 1. The Morgan fingerprint density at radius 1 is 1.57 bits per heavy atom. The molecule has 1 amide bonds. The van der Waals surface area contributed by atoms with Gasteiger partial charge in [-0.15, -0.1) is 0 Å². The largest absolute Gasteiger partial charge is 0.383 e. The number of pyridine rings is 1. The van der Waals surface area contributed by atoms with E-state index in [2.05, 4.69) is 4.98 Å². The fraction of sp³-hybridized carbons (Fsp3) is 0.143. The summed E-state index contributed by atoms with van der Waals surface area (Å²) in [5, 5.41) is 0. The van der Waals surface area contributed by atoms with Crippen molar-refractivity contribution in [2.24, 2.45) is 5.73 Å². The summed E-state index contributed by atoms with van der Waals surface area (Å²) in [7, 11) is 0. The van der Waals surface area contributed by atoms with Crippen molar-refractivity contribution >= 4 is 34.3 Å². The van der Waals surface area contributed by atoms with Crippen molar-refractivity contribution in [1.29, 1.82) is 0 Å². The average Bonchev–Trinajstić information content (AvgIpc) is 2.07. The molecule has 0 spiro atoms. The van der Waals surface area contributed by atoms with Gasteiger partial charge in [-0.2, -0.15) is 0 Å². The number of primary amides is 1. The van der Waals surface area contributed by atoms with Crippen molar-refractivity contribution in [3.05, 3.63) is 20.9 Å². The van der Waals surface area contributed by atoms with Crippen molar-refractivity contribution in [2.45, 2.75) is 6.43 Å². The van der Waals surface area contributed by atoms with E-state index in [1.54, 1.807) is 22.6 Å². The average molecular weight is 313 g/mol. The van der Waals surface area contributed by atoms with E-state index >= 15 is 0 Å². The van der Waals surface area contributed by atoms with Crippen LogP contribution >= 0.6 is 22.6 Å². The lowest BCUT2D eigenvalue weighted by molar-refractivity contribution is 0.1000. The van der Waals surface area contributed by atoms with Crippen LogP contribution in [0.3, 0.4) is 0 Å². The molecular formula is C7H6F2IN3O. The van der Waals surface area contributed by atoms with Gasteiger partial charge in [-0.1, -0.05) is 0 Å². The third kappa shape index (κ3) is 2.08. The van der Waals surface area contributed by atoms with Crippen LogP contribution in [0.15, 0.2) is 6.07 Å². The maximum absolute atomic E-state index is 12.3. The molecule has 0 fully saturated rings. The monoisotopic (exact) mass is 313 g/mol. The molecule has 14 heavy (non-hydrogen) atoms. The van der Waals surface area contributed by atoms with Crippen LogP contribution in [-0.4, -0.2) is 10.9 Å². The quantitative estimate of drug-likeness (QED) is 0.808. The van der Waals surface area contributed by atoms with E-state index in [1.807, 2.05) is 0 Å². The number of nitrogen functional groups attached to an aromatic ring is 1. The molecule has 0 aliphatic rings. The van der Waals surface area contributed by atoms with Crippen LogP contribution in [0.25, 0.3) is 0 Å². The lowest BCUT2D eigenvalue weighted by Crippen LogP contribution is -2.16. The topological polar surface area (TPSA) is 82.0 Å². The summed E-state index contributed by atoms with van der Waals surface area (Å²) >= 11 is 1.65. The van der Waals surface area contributed by atoms with Gasteiger partial charge >= 0.3 is 0 Å². The molecule has 1 aromatic rings. The number of hydrogen-bond acceptors (Lipinski definition) is 3. The lowest BCUT2D eigenvalue weighted by Gasteiger charge is -2.06. The summed E-state index contributed by atoms with van der Waals surface area (Å²) in [5.41, 5.74) is 9.76. The van der Waals surface area contributed by atoms with Crippen molar-refractivity contribution in [3.63, 3.8) is 0 Å². The Bertz CT molecular complexity index is 383. The maximum atomic E-state index is 12.3. The zero-order valence-corrected chi connectivity index (χ0v) is 8.96. The predicted molar refractivity (Wildman–Crippen MR) is 54.8 cm³/mol. The summed E-state index contributed by atoms with van der Waals surface area (Å²) in [6, 6.07) is 1.20. The zero-order valence-electron chi connectivity index (χ0n) is 6.80. The van der Waals surface area contributed by atoms with Crippen LogP contribution in [0.4, 0.5) is 14.6 Å². The molecule has 0 saturated carbocycles. The number of nitrogens with two attached hydrogens (primary N) is 2. The number of rotatable bonds is 2. The van der Waals surface area contributed by atoms with Gasteiger partial charge in [0.2, 0.25) is 0 Å². The van der Waals surface area contributed by atoms with Crippen molar-refractivity contribution < 1.29 is 13.6 Å². The fourth-order valence-electron chi connectivity index (χ4n) is 0.868. The molecule has 0 aliphatic heterocycles. The highest BCUT2D eigenvalue weighted by molar-refractivity contribution is 14.1. The Morgan fingerprint density at radius 2 is 2.14 bits per heavy atom. The van der Waals surface area contributed by atoms with Gasteiger partial charge in [-0.25, -0.2) is 13.8 Å². The molecule has 0 saturated heterocycles. The molecule has 0 radical (unpaired) electrons. The van der Waals surface area contributed by atoms with Gasteiger partial charge in [0.1, 0.15) is 11.5 Å². The Morgan fingerprint density at radius 3 is 2.57 bits per heavy atom. The second kappa shape index (κ2) is 4.03. The van der Waals surface area contributed by atoms with Gasteiger partial charge in [0.15, 0.2) is 0 Å². The fourth-order valence-corrected chi connectivity index (χ4v) is 1.54. The number of alkyl halides is 2. The Kier molecular flexibility index (Phi) is 3.19. The van der Waals surface area contributed by atoms with Crippen molar-refractivity contribution in [1.82, 2.24) is 4.98 Å². The number of hydrogen-bond donors (Lipinski definition) is 2. The van der Waals surface area contributed by atoms with E-state index in [1.165, 1.54) is 6.07 Å². The SMILES string of the molecule is NC(=O)c1cc(I)c(C(F)F)nc1N. The van der Waals surface area contributed by atoms with Crippen LogP contribution in [0, 0.1) is 3.57 Å². The molecule has 76 valence electrons. The highest BCUT2D eigenvalue weighted by Crippen LogP contribution is 2.25. The van der Waals surface area contributed by atoms with E-state index in [0.717, 1.165) is 0 Å². The van der Waals surface area contributed by atoms with E-state index in [-0.39, 0.29) is 15.0 Å². The first-order valence-corrected chi connectivity index (χ1v) is 4.55. The number of carbonyl (C=O) groups is 1. The van der Waals surface area contributed by atoms with Gasteiger partial charge in [0.05, 0.1) is 5.56 Å². The van der Waals surface area contributed by atoms with Gasteiger partial charge in [0.25, 0.3) is 12.3 Å². The minimum absolute atomic E-state index is 0.0428. The molecule has 0 bridgehead atoms. The Labute approximate surface area is 91.8 Å². The summed E-state index contributed by atoms with van der Waals surface area (Å²) < 4.78 is 24.8. The molecule has 0 aromatic carbocycles. The predicted octanol–water partition coefficient (Wildman–Crippen LogP) is 1.30. The van der Waals surface area contributed by atoms with Crippen molar-refractivity contribution in [3.8, 4) is 0 Å². The molecule has 0 atom stereocenters. The number of carbonyl (C=O) groups excluding carboxylic acids is 1. The van der Waals surface area contributed by atoms with Gasteiger partial charge in [-0.05, 0) is 28.7 Å². The van der Waals surface area contributed by atoms with E-state index in [9.17, 15) is 13.6 Å². The van der Waals surface area contributed by atoms with Gasteiger partial charge in [-0.3, -0.25) is 4.79 Å². The molecule has 1 heterocycles. The van der Waals surface area contributed by atoms with Crippen LogP contribution in [-0.2, 0) is 0 Å². The number of halogens is 3. The van der Waals surface area contributed by atoms with E-state index < -0.39 is 18.0 Å². The second-order valence-electron chi connectivity index (χ2n) is 2.45. The molecule has 1 aromatic heterocycles. The highest BCUT2D eigenvalue weighted by Gasteiger charge is 2.17. The number of amides is 1. The minimum atomic E-state index is -2.72. The summed E-state index contributed by atoms with van der Waals surface area (Å²) in [6.07, 6.45) is -2.72. The molecule has 4 N–H and O–H groups in total. The Hall–Kier alpha value is -0.990. The van der Waals surface area contributed by atoms with Gasteiger partial charge < -0.3 is 11.5 Å². The number of aromatic nitrogens is 1. The number of anilines is 1. The highest BCUT2D eigenvalue weighted by atomic mass is 127. The second-order valence-corrected chi connectivity index (χ2v) is 3.62. The normalized spacial score (nSPS) is 10.6. The van der Waals surface area contributed by atoms with E-state index in [0.29, 0.717) is 0 Å². The lowest BCUT2D eigenvalue weighted by atomic mass is 10.2. The first kappa shape index (κ1) is 11.1. The third-order valence-corrected chi connectivity index (χ3v) is 2.37. The summed E-state index contributed by atoms with van der Waals surface area (Å²) in [5.74, 6) is -1.05. The Balaban J connectivity index is 3.31. The summed E-state index contributed by atoms with van der Waals surface area (Å²) in [6.45, 7) is 0. The van der Waals surface area contributed by atoms with Crippen LogP contribution in [0.5, 0.6) is 0 Å². The van der Waals surface area contributed by atoms with E-state index in [4.69, 9.17) is 11.5 Å². The first-order valence-electron chi connectivity index (χ1n) is 3.47. The molecule has 7 heteroatoms. The third-order valence-electron chi connectivity index (χ3n) is 1.50. The molecule has 1 rings (SSSR count). The standard InChI is InChI=1S/C7H6F2IN3O/c8-5(9)4-3(10)1-2(7(12)14)6(11)13-4/h1,5H,(H2,11,13)(H2,12,14). The zero-order chi connectivity index (χ0) is 10.9. The maximum Gasteiger partial charge on any atom is 0.281 e. The van der Waals surface area contributed by atoms with Crippen LogP contribution in [0.1, 0.15) is 22.5 Å². The molecule has 4 nitrogen and oxygen atoms in total. The summed E-state index contributed by atoms with van der Waals surface area (Å²) in [4.78, 5) is 14.2. The van der Waals surface area contributed by atoms with Crippen LogP contribution in [0.2, 0.25) is 0 Å². The molecule has 0 unspecified atom stereocenters. The molecule has 0 aliphatic carbocycles. The first-order chi connectivity index (χ1) is 6.43. The molecular weight excluding hydrogens is 307 g/mol.